The summed E-state index contributed by atoms with van der Waals surface area (Å²) >= 11 is 1.32. The van der Waals surface area contributed by atoms with Gasteiger partial charge in [-0.25, -0.2) is 14.0 Å². The topological polar surface area (TPSA) is 52.6 Å². The molecule has 0 unspecified atom stereocenters. The third-order valence-corrected chi connectivity index (χ3v) is 6.03. The second-order valence-electron chi connectivity index (χ2n) is 6.84. The molecule has 0 amide bonds. The number of benzene rings is 2. The van der Waals surface area contributed by atoms with Crippen LogP contribution in [0.5, 0.6) is 0 Å². The normalized spacial score (nSPS) is 23.7. The lowest BCUT2D eigenvalue weighted by molar-refractivity contribution is -0.147. The maximum Gasteiger partial charge on any atom is 0.331 e. The monoisotopic (exact) mass is 426 g/mol. The van der Waals surface area contributed by atoms with Gasteiger partial charge in [0.1, 0.15) is 18.9 Å². The smallest absolute Gasteiger partial charge is 0.331 e. The highest BCUT2D eigenvalue weighted by Crippen LogP contribution is 2.38. The summed E-state index contributed by atoms with van der Waals surface area (Å²) < 4.78 is 25.2. The van der Waals surface area contributed by atoms with Gasteiger partial charge in [0.15, 0.2) is 0 Å². The molecule has 0 saturated carbocycles. The summed E-state index contributed by atoms with van der Waals surface area (Å²) in [4.78, 5) is 24.2. The molecule has 6 heteroatoms. The zero-order valence-electron chi connectivity index (χ0n) is 16.5. The van der Waals surface area contributed by atoms with Crippen molar-refractivity contribution in [2.24, 2.45) is 0 Å². The summed E-state index contributed by atoms with van der Waals surface area (Å²) in [5.41, 5.74) is 1.72. The standard InChI is InChI=1S/C24H23FO4S/c1-17-23(25)24(29-22(27)15-13-19-10-6-3-7-11-19)20(30-17)16-28-21(26)14-12-18-8-4-2-5-9-18/h2-15,17,20,23-24H,16H2,1H3/b14-12+,15-13+/t17-,20-,23-,24-/m1/s1. The van der Waals surface area contributed by atoms with E-state index in [1.54, 1.807) is 19.1 Å². The fourth-order valence-corrected chi connectivity index (χ4v) is 4.38. The van der Waals surface area contributed by atoms with Gasteiger partial charge in [0.25, 0.3) is 0 Å². The molecule has 0 radical (unpaired) electrons. The first-order valence-electron chi connectivity index (χ1n) is 9.66. The Kier molecular flexibility index (Phi) is 7.85. The summed E-state index contributed by atoms with van der Waals surface area (Å²) in [6, 6.07) is 18.6. The third kappa shape index (κ3) is 6.32. The van der Waals surface area contributed by atoms with Gasteiger partial charge in [-0.15, -0.1) is 11.8 Å². The Morgan fingerprint density at radius 3 is 2.03 bits per heavy atom. The minimum atomic E-state index is -1.33. The molecular formula is C24H23FO4S. The van der Waals surface area contributed by atoms with Crippen molar-refractivity contribution < 1.29 is 23.5 Å². The number of halogens is 1. The van der Waals surface area contributed by atoms with Crippen LogP contribution in [-0.2, 0) is 19.1 Å². The number of carbonyl (C=O) groups is 2. The van der Waals surface area contributed by atoms with Gasteiger partial charge in [-0.05, 0) is 23.3 Å². The summed E-state index contributed by atoms with van der Waals surface area (Å²) in [5.74, 6) is -1.15. The molecule has 1 heterocycles. The van der Waals surface area contributed by atoms with E-state index < -0.39 is 29.5 Å². The molecule has 0 N–H and O–H groups in total. The van der Waals surface area contributed by atoms with Gasteiger partial charge in [-0.2, -0.15) is 0 Å². The summed E-state index contributed by atoms with van der Waals surface area (Å²) in [6.45, 7) is 1.70. The van der Waals surface area contributed by atoms with E-state index >= 15 is 0 Å². The second kappa shape index (κ2) is 10.8. The fraction of sp³-hybridized carbons (Fsp3) is 0.250. The van der Waals surface area contributed by atoms with Crippen LogP contribution in [0.4, 0.5) is 4.39 Å². The Morgan fingerprint density at radius 2 is 1.47 bits per heavy atom. The van der Waals surface area contributed by atoms with Crippen molar-refractivity contribution >= 4 is 35.9 Å². The first-order chi connectivity index (χ1) is 14.5. The van der Waals surface area contributed by atoms with Crippen LogP contribution in [-0.4, -0.2) is 41.3 Å². The van der Waals surface area contributed by atoms with Crippen LogP contribution in [0.3, 0.4) is 0 Å². The summed E-state index contributed by atoms with van der Waals surface area (Å²) in [6.07, 6.45) is 3.58. The Balaban J connectivity index is 1.54. The fourth-order valence-electron chi connectivity index (χ4n) is 3.02. The van der Waals surface area contributed by atoms with E-state index in [1.807, 2.05) is 60.7 Å². The van der Waals surface area contributed by atoms with Crippen LogP contribution < -0.4 is 0 Å². The van der Waals surface area contributed by atoms with E-state index in [2.05, 4.69) is 0 Å². The van der Waals surface area contributed by atoms with Crippen molar-refractivity contribution in [1.82, 2.24) is 0 Å². The Hall–Kier alpha value is -2.86. The molecule has 1 aliphatic heterocycles. The highest BCUT2D eigenvalue weighted by atomic mass is 32.2. The lowest BCUT2D eigenvalue weighted by Crippen LogP contribution is -2.35. The maximum atomic E-state index is 14.6. The predicted molar refractivity (Wildman–Crippen MR) is 118 cm³/mol. The molecule has 4 nitrogen and oxygen atoms in total. The number of rotatable bonds is 7. The minimum Gasteiger partial charge on any atom is -0.461 e. The predicted octanol–water partition coefficient (Wildman–Crippen LogP) is 4.71. The maximum absolute atomic E-state index is 14.6. The first-order valence-corrected chi connectivity index (χ1v) is 10.6. The number of hydrogen-bond acceptors (Lipinski definition) is 5. The van der Waals surface area contributed by atoms with Crippen molar-refractivity contribution in [3.05, 3.63) is 83.9 Å². The average Bonchev–Trinajstić information content (AvgIpc) is 3.04. The molecule has 0 spiro atoms. The largest absolute Gasteiger partial charge is 0.461 e. The van der Waals surface area contributed by atoms with Gasteiger partial charge < -0.3 is 9.47 Å². The van der Waals surface area contributed by atoms with Gasteiger partial charge in [-0.3, -0.25) is 0 Å². The summed E-state index contributed by atoms with van der Waals surface area (Å²) in [7, 11) is 0. The van der Waals surface area contributed by atoms with E-state index in [4.69, 9.17) is 9.47 Å². The minimum absolute atomic E-state index is 0.0340. The van der Waals surface area contributed by atoms with Crippen molar-refractivity contribution in [3.63, 3.8) is 0 Å². The Bertz CT molecular complexity index is 898. The second-order valence-corrected chi connectivity index (χ2v) is 8.46. The highest BCUT2D eigenvalue weighted by Gasteiger charge is 2.45. The lowest BCUT2D eigenvalue weighted by Gasteiger charge is -2.19. The molecular weight excluding hydrogens is 403 g/mol. The van der Waals surface area contributed by atoms with Crippen LogP contribution in [0, 0.1) is 0 Å². The molecule has 0 aromatic heterocycles. The van der Waals surface area contributed by atoms with Gasteiger partial charge in [0, 0.05) is 17.4 Å². The Labute approximate surface area is 179 Å². The van der Waals surface area contributed by atoms with Crippen molar-refractivity contribution in [2.45, 2.75) is 29.7 Å². The number of ether oxygens (including phenoxy) is 2. The number of esters is 2. The van der Waals surface area contributed by atoms with Crippen molar-refractivity contribution in [1.29, 1.82) is 0 Å². The number of thioether (sulfide) groups is 1. The van der Waals surface area contributed by atoms with Gasteiger partial charge in [0.05, 0.1) is 5.25 Å². The van der Waals surface area contributed by atoms with E-state index in [0.29, 0.717) is 0 Å². The molecule has 2 aromatic rings. The van der Waals surface area contributed by atoms with Gasteiger partial charge in [0.2, 0.25) is 0 Å². The number of alkyl halides is 1. The number of carbonyl (C=O) groups excluding carboxylic acids is 2. The van der Waals surface area contributed by atoms with Crippen molar-refractivity contribution in [2.75, 3.05) is 6.61 Å². The van der Waals surface area contributed by atoms with Crippen LogP contribution >= 0.6 is 11.8 Å². The van der Waals surface area contributed by atoms with Gasteiger partial charge in [-0.1, -0.05) is 67.6 Å². The van der Waals surface area contributed by atoms with E-state index in [1.165, 1.54) is 23.9 Å². The highest BCUT2D eigenvalue weighted by molar-refractivity contribution is 8.00. The third-order valence-electron chi connectivity index (χ3n) is 4.58. The van der Waals surface area contributed by atoms with E-state index in [9.17, 15) is 14.0 Å². The molecule has 1 fully saturated rings. The quantitative estimate of drug-likeness (QED) is 0.474. The first kappa shape index (κ1) is 21.8. The molecule has 156 valence electrons. The van der Waals surface area contributed by atoms with Crippen LogP contribution in [0.25, 0.3) is 12.2 Å². The molecule has 0 bridgehead atoms. The van der Waals surface area contributed by atoms with Crippen LogP contribution in [0.2, 0.25) is 0 Å². The summed E-state index contributed by atoms with van der Waals surface area (Å²) in [5, 5.41) is -0.817. The lowest BCUT2D eigenvalue weighted by atomic mass is 10.1. The molecule has 2 aromatic carbocycles. The molecule has 0 aliphatic carbocycles. The molecule has 4 atom stereocenters. The average molecular weight is 427 g/mol. The van der Waals surface area contributed by atoms with E-state index in [-0.39, 0.29) is 11.9 Å². The molecule has 30 heavy (non-hydrogen) atoms. The number of hydrogen-bond donors (Lipinski definition) is 0. The van der Waals surface area contributed by atoms with Crippen LogP contribution in [0.15, 0.2) is 72.8 Å². The van der Waals surface area contributed by atoms with Crippen LogP contribution in [0.1, 0.15) is 18.1 Å². The van der Waals surface area contributed by atoms with Crippen molar-refractivity contribution in [3.8, 4) is 0 Å². The molecule has 1 saturated heterocycles. The Morgan fingerprint density at radius 1 is 0.933 bits per heavy atom. The zero-order chi connectivity index (χ0) is 21.3. The van der Waals surface area contributed by atoms with E-state index in [0.717, 1.165) is 11.1 Å². The SMILES string of the molecule is C[C@H]1S[C@H](COC(=O)/C=C/c2ccccc2)[C@@H](OC(=O)/C=C/c2ccccc2)[C@@H]1F. The van der Waals surface area contributed by atoms with Gasteiger partial charge >= 0.3 is 11.9 Å². The molecule has 1 aliphatic rings. The zero-order valence-corrected chi connectivity index (χ0v) is 17.3. The molecule has 3 rings (SSSR count).